The van der Waals surface area contributed by atoms with Crippen molar-refractivity contribution < 1.29 is 14.6 Å². The molecule has 0 fully saturated rings. The van der Waals surface area contributed by atoms with Crippen molar-refractivity contribution in [1.29, 1.82) is 0 Å². The van der Waals surface area contributed by atoms with E-state index in [2.05, 4.69) is 28.5 Å². The quantitative estimate of drug-likeness (QED) is 0.890. The van der Waals surface area contributed by atoms with Gasteiger partial charge in [-0.25, -0.2) is 0 Å². The molecule has 2 aromatic rings. The van der Waals surface area contributed by atoms with Crippen LogP contribution in [0.15, 0.2) is 35.7 Å². The van der Waals surface area contributed by atoms with Gasteiger partial charge in [0.2, 0.25) is 0 Å². The fourth-order valence-corrected chi connectivity index (χ4v) is 3.17. The normalized spacial score (nSPS) is 13.6. The topological polar surface area (TPSA) is 41.9 Å². The van der Waals surface area contributed by atoms with Crippen molar-refractivity contribution in [3.63, 3.8) is 0 Å². The van der Waals surface area contributed by atoms with E-state index in [4.69, 9.17) is 9.47 Å². The van der Waals surface area contributed by atoms with Crippen LogP contribution >= 0.6 is 11.3 Å². The highest BCUT2D eigenvalue weighted by Gasteiger charge is 2.13. The van der Waals surface area contributed by atoms with Crippen molar-refractivity contribution >= 4 is 11.3 Å². The molecule has 4 nitrogen and oxygen atoms in total. The highest BCUT2D eigenvalue weighted by Crippen LogP contribution is 2.31. The van der Waals surface area contributed by atoms with Gasteiger partial charge in [0.15, 0.2) is 11.5 Å². The van der Waals surface area contributed by atoms with Gasteiger partial charge in [0.1, 0.15) is 13.2 Å². The number of nitrogens with zero attached hydrogens (tertiary/aromatic N) is 1. The second-order valence-corrected chi connectivity index (χ2v) is 6.02. The van der Waals surface area contributed by atoms with Crippen molar-refractivity contribution in [2.75, 3.05) is 26.4 Å². The molecule has 1 aromatic heterocycles. The Balaban J connectivity index is 1.70. The van der Waals surface area contributed by atoms with E-state index in [9.17, 15) is 5.11 Å². The molecule has 1 N–H and O–H groups in total. The van der Waals surface area contributed by atoms with Crippen molar-refractivity contribution in [2.24, 2.45) is 0 Å². The molecular formula is C16H19NO3S. The maximum Gasteiger partial charge on any atom is 0.161 e. The maximum absolute atomic E-state index is 9.25. The molecule has 3 rings (SSSR count). The average Bonchev–Trinajstić information content (AvgIpc) is 3.00. The summed E-state index contributed by atoms with van der Waals surface area (Å²) in [5, 5.41) is 11.3. The summed E-state index contributed by atoms with van der Waals surface area (Å²) >= 11 is 1.74. The lowest BCUT2D eigenvalue weighted by molar-refractivity contribution is 0.169. The van der Waals surface area contributed by atoms with Crippen molar-refractivity contribution in [3.05, 3.63) is 46.2 Å². The van der Waals surface area contributed by atoms with Crippen LogP contribution in [0.1, 0.15) is 10.4 Å². The zero-order valence-corrected chi connectivity index (χ0v) is 12.6. The van der Waals surface area contributed by atoms with Gasteiger partial charge < -0.3 is 14.6 Å². The molecule has 5 heteroatoms. The Labute approximate surface area is 128 Å². The SMILES string of the molecule is OCCN(Cc1ccc2c(c1)OCCO2)Cc1cccs1. The van der Waals surface area contributed by atoms with Crippen molar-refractivity contribution in [1.82, 2.24) is 4.90 Å². The van der Waals surface area contributed by atoms with Crippen LogP contribution in [0.25, 0.3) is 0 Å². The van der Waals surface area contributed by atoms with Gasteiger partial charge in [0, 0.05) is 24.5 Å². The highest BCUT2D eigenvalue weighted by atomic mass is 32.1. The zero-order chi connectivity index (χ0) is 14.5. The smallest absolute Gasteiger partial charge is 0.161 e. The summed E-state index contributed by atoms with van der Waals surface area (Å²) in [4.78, 5) is 3.54. The van der Waals surface area contributed by atoms with Gasteiger partial charge in [-0.2, -0.15) is 0 Å². The number of thiophene rings is 1. The molecule has 0 amide bonds. The molecule has 2 heterocycles. The fraction of sp³-hybridized carbons (Fsp3) is 0.375. The Morgan fingerprint density at radius 3 is 2.71 bits per heavy atom. The number of hydrogen-bond acceptors (Lipinski definition) is 5. The summed E-state index contributed by atoms with van der Waals surface area (Å²) in [7, 11) is 0. The lowest BCUT2D eigenvalue weighted by Crippen LogP contribution is -2.25. The van der Waals surface area contributed by atoms with E-state index < -0.39 is 0 Å². The van der Waals surface area contributed by atoms with E-state index in [0.717, 1.165) is 24.6 Å². The van der Waals surface area contributed by atoms with Gasteiger partial charge in [-0.15, -0.1) is 11.3 Å². The van der Waals surface area contributed by atoms with Crippen molar-refractivity contribution in [3.8, 4) is 11.5 Å². The lowest BCUT2D eigenvalue weighted by Gasteiger charge is -2.23. The molecule has 0 radical (unpaired) electrons. The maximum atomic E-state index is 9.25. The summed E-state index contributed by atoms with van der Waals surface area (Å²) in [5.74, 6) is 1.63. The van der Waals surface area contributed by atoms with E-state index in [-0.39, 0.29) is 6.61 Å². The first kappa shape index (κ1) is 14.4. The summed E-state index contributed by atoms with van der Waals surface area (Å²) in [6.07, 6.45) is 0. The number of aliphatic hydroxyl groups excluding tert-OH is 1. The predicted octanol–water partition coefficient (Wildman–Crippen LogP) is 2.51. The molecule has 1 aromatic carbocycles. The van der Waals surface area contributed by atoms with Gasteiger partial charge >= 0.3 is 0 Å². The number of hydrogen-bond donors (Lipinski definition) is 1. The predicted molar refractivity (Wildman–Crippen MR) is 83.0 cm³/mol. The lowest BCUT2D eigenvalue weighted by atomic mass is 10.1. The van der Waals surface area contributed by atoms with Crippen LogP contribution in [-0.2, 0) is 13.1 Å². The number of rotatable bonds is 6. The minimum Gasteiger partial charge on any atom is -0.486 e. The number of aliphatic hydroxyl groups is 1. The van der Waals surface area contributed by atoms with E-state index in [1.165, 1.54) is 10.4 Å². The van der Waals surface area contributed by atoms with E-state index in [1.807, 2.05) is 12.1 Å². The molecule has 0 spiro atoms. The Morgan fingerprint density at radius 2 is 1.95 bits per heavy atom. The molecule has 0 aliphatic carbocycles. The highest BCUT2D eigenvalue weighted by molar-refractivity contribution is 7.09. The molecular weight excluding hydrogens is 286 g/mol. The van der Waals surface area contributed by atoms with Gasteiger partial charge in [0.05, 0.1) is 6.61 Å². The number of ether oxygens (including phenoxy) is 2. The first-order valence-electron chi connectivity index (χ1n) is 7.09. The molecule has 1 aliphatic rings. The summed E-state index contributed by atoms with van der Waals surface area (Å²) in [6, 6.07) is 10.2. The van der Waals surface area contributed by atoms with Gasteiger partial charge in [-0.05, 0) is 29.1 Å². The third-order valence-electron chi connectivity index (χ3n) is 3.39. The molecule has 0 atom stereocenters. The second-order valence-electron chi connectivity index (χ2n) is 4.99. The Bertz CT molecular complexity index is 571. The fourth-order valence-electron chi connectivity index (χ4n) is 2.42. The molecule has 0 bridgehead atoms. The molecule has 0 saturated heterocycles. The minimum absolute atomic E-state index is 0.163. The number of fused-ring (bicyclic) bond motifs is 1. The van der Waals surface area contributed by atoms with Crippen LogP contribution in [0.4, 0.5) is 0 Å². The Kier molecular flexibility index (Phi) is 4.75. The van der Waals surface area contributed by atoms with Crippen LogP contribution in [0.5, 0.6) is 11.5 Å². The van der Waals surface area contributed by atoms with Gasteiger partial charge in [0.25, 0.3) is 0 Å². The van der Waals surface area contributed by atoms with Crippen LogP contribution in [0.3, 0.4) is 0 Å². The summed E-state index contributed by atoms with van der Waals surface area (Å²) in [6.45, 7) is 3.68. The summed E-state index contributed by atoms with van der Waals surface area (Å²) < 4.78 is 11.2. The molecule has 0 saturated carbocycles. The zero-order valence-electron chi connectivity index (χ0n) is 11.8. The third kappa shape index (κ3) is 3.75. The van der Waals surface area contributed by atoms with E-state index in [1.54, 1.807) is 11.3 Å². The van der Waals surface area contributed by atoms with Crippen LogP contribution in [-0.4, -0.2) is 36.4 Å². The number of benzene rings is 1. The molecule has 0 unspecified atom stereocenters. The Hall–Kier alpha value is -1.56. The van der Waals surface area contributed by atoms with Crippen LogP contribution in [0.2, 0.25) is 0 Å². The first-order valence-corrected chi connectivity index (χ1v) is 7.97. The standard InChI is InChI=1S/C16H19NO3S/c18-6-5-17(12-14-2-1-9-21-14)11-13-3-4-15-16(10-13)20-8-7-19-15/h1-4,9-10,18H,5-8,11-12H2. The van der Waals surface area contributed by atoms with E-state index >= 15 is 0 Å². The first-order chi connectivity index (χ1) is 10.3. The van der Waals surface area contributed by atoms with Gasteiger partial charge in [-0.1, -0.05) is 12.1 Å². The molecule has 112 valence electrons. The van der Waals surface area contributed by atoms with Gasteiger partial charge in [-0.3, -0.25) is 4.90 Å². The molecule has 1 aliphatic heterocycles. The van der Waals surface area contributed by atoms with Crippen LogP contribution < -0.4 is 9.47 Å². The van der Waals surface area contributed by atoms with E-state index in [0.29, 0.717) is 19.8 Å². The second kappa shape index (κ2) is 6.93. The minimum atomic E-state index is 0.163. The van der Waals surface area contributed by atoms with Crippen molar-refractivity contribution in [2.45, 2.75) is 13.1 Å². The monoisotopic (exact) mass is 305 g/mol. The average molecular weight is 305 g/mol. The van der Waals surface area contributed by atoms with Crippen LogP contribution in [0, 0.1) is 0 Å². The summed E-state index contributed by atoms with van der Waals surface area (Å²) in [5.41, 5.74) is 1.17. The molecule has 21 heavy (non-hydrogen) atoms. The Morgan fingerprint density at radius 1 is 1.10 bits per heavy atom. The third-order valence-corrected chi connectivity index (χ3v) is 4.25. The largest absolute Gasteiger partial charge is 0.486 e.